The standard InChI is InChI=1S/C15H20BrNO2/c1-19-14-9-5-3-7-12(14)15(18)17-13-8-4-2-6-11(13)10-16/h3,5,7,9,11,13H,2,4,6,8,10H2,1H3,(H,17,18). The molecule has 4 heteroatoms. The van der Waals surface area contributed by atoms with Gasteiger partial charge in [0, 0.05) is 11.4 Å². The number of carbonyl (C=O) groups excluding carboxylic acids is 1. The summed E-state index contributed by atoms with van der Waals surface area (Å²) in [4.78, 5) is 12.3. The molecular formula is C15H20BrNO2. The van der Waals surface area contributed by atoms with Gasteiger partial charge in [0.25, 0.3) is 5.91 Å². The molecular weight excluding hydrogens is 306 g/mol. The summed E-state index contributed by atoms with van der Waals surface area (Å²) >= 11 is 3.55. The van der Waals surface area contributed by atoms with Crippen LogP contribution in [0, 0.1) is 5.92 Å². The van der Waals surface area contributed by atoms with Gasteiger partial charge in [-0.15, -0.1) is 0 Å². The summed E-state index contributed by atoms with van der Waals surface area (Å²) in [7, 11) is 1.59. The minimum absolute atomic E-state index is 0.0321. The van der Waals surface area contributed by atoms with Crippen LogP contribution in [0.1, 0.15) is 36.0 Å². The predicted octanol–water partition coefficient (Wildman–Crippen LogP) is 3.38. The van der Waals surface area contributed by atoms with E-state index in [9.17, 15) is 4.79 Å². The number of para-hydroxylation sites is 1. The van der Waals surface area contributed by atoms with Crippen LogP contribution >= 0.6 is 15.9 Å². The van der Waals surface area contributed by atoms with Crippen molar-refractivity contribution in [1.82, 2.24) is 5.32 Å². The van der Waals surface area contributed by atoms with E-state index < -0.39 is 0 Å². The van der Waals surface area contributed by atoms with Gasteiger partial charge in [0.05, 0.1) is 12.7 Å². The topological polar surface area (TPSA) is 38.3 Å². The Bertz CT molecular complexity index is 436. The fraction of sp³-hybridized carbons (Fsp3) is 0.533. The van der Waals surface area contributed by atoms with E-state index >= 15 is 0 Å². The Hall–Kier alpha value is -1.03. The number of hydrogen-bond acceptors (Lipinski definition) is 2. The first-order valence-corrected chi connectivity index (χ1v) is 7.88. The highest BCUT2D eigenvalue weighted by molar-refractivity contribution is 9.09. The highest BCUT2D eigenvalue weighted by atomic mass is 79.9. The van der Waals surface area contributed by atoms with E-state index in [2.05, 4.69) is 21.2 Å². The molecule has 1 aliphatic rings. The third-order valence-electron chi connectivity index (χ3n) is 3.78. The molecule has 3 nitrogen and oxygen atoms in total. The number of ether oxygens (including phenoxy) is 1. The number of rotatable bonds is 4. The third kappa shape index (κ3) is 3.50. The molecule has 0 bridgehead atoms. The van der Waals surface area contributed by atoms with Crippen molar-refractivity contribution < 1.29 is 9.53 Å². The molecule has 2 rings (SSSR count). The predicted molar refractivity (Wildman–Crippen MR) is 80.0 cm³/mol. The molecule has 0 saturated heterocycles. The maximum atomic E-state index is 12.3. The van der Waals surface area contributed by atoms with Gasteiger partial charge in [-0.25, -0.2) is 0 Å². The molecule has 104 valence electrons. The van der Waals surface area contributed by atoms with Gasteiger partial charge in [-0.1, -0.05) is 40.9 Å². The van der Waals surface area contributed by atoms with Crippen LogP contribution in [0.15, 0.2) is 24.3 Å². The van der Waals surface area contributed by atoms with Gasteiger partial charge in [-0.2, -0.15) is 0 Å². The largest absolute Gasteiger partial charge is 0.496 e. The molecule has 0 heterocycles. The third-order valence-corrected chi connectivity index (χ3v) is 4.61. The average molecular weight is 326 g/mol. The zero-order valence-electron chi connectivity index (χ0n) is 11.2. The maximum absolute atomic E-state index is 12.3. The fourth-order valence-corrected chi connectivity index (χ4v) is 3.44. The quantitative estimate of drug-likeness (QED) is 0.862. The highest BCUT2D eigenvalue weighted by Gasteiger charge is 2.26. The molecule has 1 fully saturated rings. The first-order chi connectivity index (χ1) is 9.26. The van der Waals surface area contributed by atoms with Crippen LogP contribution in [0.3, 0.4) is 0 Å². The number of carbonyl (C=O) groups is 1. The van der Waals surface area contributed by atoms with E-state index in [1.807, 2.05) is 18.2 Å². The van der Waals surface area contributed by atoms with E-state index in [1.54, 1.807) is 13.2 Å². The molecule has 0 spiro atoms. The maximum Gasteiger partial charge on any atom is 0.255 e. The van der Waals surface area contributed by atoms with Gasteiger partial charge in [-0.05, 0) is 30.9 Å². The summed E-state index contributed by atoms with van der Waals surface area (Å²) in [6.45, 7) is 0. The summed E-state index contributed by atoms with van der Waals surface area (Å²) in [5.41, 5.74) is 0.615. The molecule has 1 aliphatic carbocycles. The van der Waals surface area contributed by atoms with Crippen molar-refractivity contribution in [2.45, 2.75) is 31.7 Å². The van der Waals surface area contributed by atoms with Crippen molar-refractivity contribution in [1.29, 1.82) is 0 Å². The average Bonchev–Trinajstić information content (AvgIpc) is 2.47. The van der Waals surface area contributed by atoms with Crippen LogP contribution in [-0.4, -0.2) is 24.4 Å². The van der Waals surface area contributed by atoms with Gasteiger partial charge >= 0.3 is 0 Å². The lowest BCUT2D eigenvalue weighted by Crippen LogP contribution is -2.42. The summed E-state index contributed by atoms with van der Waals surface area (Å²) < 4.78 is 5.24. The summed E-state index contributed by atoms with van der Waals surface area (Å²) in [5, 5.41) is 4.11. The van der Waals surface area contributed by atoms with Crippen LogP contribution in [0.2, 0.25) is 0 Å². The Morgan fingerprint density at radius 2 is 2.11 bits per heavy atom. The minimum atomic E-state index is -0.0321. The fourth-order valence-electron chi connectivity index (χ4n) is 2.66. The van der Waals surface area contributed by atoms with Crippen LogP contribution in [0.5, 0.6) is 5.75 Å². The summed E-state index contributed by atoms with van der Waals surface area (Å²) in [5.74, 6) is 1.13. The number of amides is 1. The highest BCUT2D eigenvalue weighted by Crippen LogP contribution is 2.27. The van der Waals surface area contributed by atoms with E-state index in [0.717, 1.165) is 11.8 Å². The zero-order valence-corrected chi connectivity index (χ0v) is 12.8. The van der Waals surface area contributed by atoms with Crippen LogP contribution in [-0.2, 0) is 0 Å². The van der Waals surface area contributed by atoms with Gasteiger partial charge in [0.15, 0.2) is 0 Å². The van der Waals surface area contributed by atoms with Crippen molar-refractivity contribution in [3.05, 3.63) is 29.8 Å². The molecule has 19 heavy (non-hydrogen) atoms. The summed E-state index contributed by atoms with van der Waals surface area (Å²) in [6, 6.07) is 7.63. The first kappa shape index (κ1) is 14.4. The van der Waals surface area contributed by atoms with Crippen molar-refractivity contribution >= 4 is 21.8 Å². The Morgan fingerprint density at radius 3 is 2.84 bits per heavy atom. The molecule has 0 aliphatic heterocycles. The van der Waals surface area contributed by atoms with Crippen molar-refractivity contribution in [2.75, 3.05) is 12.4 Å². The second kappa shape index (κ2) is 6.94. The van der Waals surface area contributed by atoms with Crippen molar-refractivity contribution in [3.8, 4) is 5.75 Å². The van der Waals surface area contributed by atoms with Gasteiger partial charge in [-0.3, -0.25) is 4.79 Å². The lowest BCUT2D eigenvalue weighted by atomic mass is 9.86. The van der Waals surface area contributed by atoms with Crippen LogP contribution in [0.25, 0.3) is 0 Å². The van der Waals surface area contributed by atoms with Gasteiger partial charge in [0.2, 0.25) is 0 Å². The molecule has 2 unspecified atom stereocenters. The zero-order chi connectivity index (χ0) is 13.7. The van der Waals surface area contributed by atoms with Crippen LogP contribution < -0.4 is 10.1 Å². The molecule has 1 aromatic carbocycles. The molecule has 1 aromatic rings. The van der Waals surface area contributed by atoms with E-state index in [1.165, 1.54) is 19.3 Å². The SMILES string of the molecule is COc1ccccc1C(=O)NC1CCCCC1CBr. The number of methoxy groups -OCH3 is 1. The molecule has 0 radical (unpaired) electrons. The van der Waals surface area contributed by atoms with Gasteiger partial charge < -0.3 is 10.1 Å². The van der Waals surface area contributed by atoms with Gasteiger partial charge in [0.1, 0.15) is 5.75 Å². The molecule has 1 N–H and O–H groups in total. The van der Waals surface area contributed by atoms with E-state index in [-0.39, 0.29) is 11.9 Å². The molecule has 1 saturated carbocycles. The summed E-state index contributed by atoms with van der Waals surface area (Å²) in [6.07, 6.45) is 4.71. The Labute approximate surface area is 122 Å². The second-order valence-corrected chi connectivity index (χ2v) is 5.63. The smallest absolute Gasteiger partial charge is 0.255 e. The Kier molecular flexibility index (Phi) is 5.25. The number of hydrogen-bond donors (Lipinski definition) is 1. The van der Waals surface area contributed by atoms with E-state index in [4.69, 9.17) is 4.74 Å². The minimum Gasteiger partial charge on any atom is -0.496 e. The lowest BCUT2D eigenvalue weighted by molar-refractivity contribution is 0.0908. The van der Waals surface area contributed by atoms with E-state index in [0.29, 0.717) is 17.2 Å². The second-order valence-electron chi connectivity index (χ2n) is 4.98. The molecule has 1 amide bonds. The normalized spacial score (nSPS) is 22.8. The first-order valence-electron chi connectivity index (χ1n) is 6.76. The molecule has 2 atom stereocenters. The van der Waals surface area contributed by atoms with Crippen LogP contribution in [0.4, 0.5) is 0 Å². The number of benzene rings is 1. The number of halogens is 1. The number of nitrogens with one attached hydrogen (secondary N) is 1. The number of alkyl halides is 1. The lowest BCUT2D eigenvalue weighted by Gasteiger charge is -2.31. The molecule has 0 aromatic heterocycles. The van der Waals surface area contributed by atoms with Crippen molar-refractivity contribution in [3.63, 3.8) is 0 Å². The Balaban J connectivity index is 2.07. The monoisotopic (exact) mass is 325 g/mol. The van der Waals surface area contributed by atoms with Crippen molar-refractivity contribution in [2.24, 2.45) is 5.92 Å². The Morgan fingerprint density at radius 1 is 1.37 bits per heavy atom.